The molecule has 0 saturated heterocycles. The molecule has 1 aliphatic rings. The molecule has 0 heterocycles. The predicted molar refractivity (Wildman–Crippen MR) is 97.8 cm³/mol. The second kappa shape index (κ2) is 10.7. The van der Waals surface area contributed by atoms with E-state index in [1.165, 1.54) is 4.90 Å². The number of hydrogen-bond acceptors (Lipinski definition) is 2. The smallest absolute Gasteiger partial charge is 0.243 e. The van der Waals surface area contributed by atoms with Crippen LogP contribution >= 0.6 is 0 Å². The molecule has 0 aromatic heterocycles. The highest BCUT2D eigenvalue weighted by molar-refractivity contribution is 5.88. The van der Waals surface area contributed by atoms with Crippen LogP contribution in [0.25, 0.3) is 0 Å². The zero-order valence-corrected chi connectivity index (χ0v) is 16.3. The Bertz CT molecular complexity index is 386. The van der Waals surface area contributed by atoms with Crippen LogP contribution in [0.4, 0.5) is 0 Å². The Kier molecular flexibility index (Phi) is 9.34. The highest BCUT2D eigenvalue weighted by Crippen LogP contribution is 2.28. The fourth-order valence-electron chi connectivity index (χ4n) is 3.40. The molecule has 3 N–H and O–H groups in total. The topological polar surface area (TPSA) is 62.6 Å². The third-order valence-electron chi connectivity index (χ3n) is 5.41. The van der Waals surface area contributed by atoms with E-state index in [2.05, 4.69) is 31.4 Å². The summed E-state index contributed by atoms with van der Waals surface area (Å²) in [4.78, 5) is 26.5. The number of nitrogens with one attached hydrogen (secondary N) is 3. The monoisotopic (exact) mass is 340 g/mol. The minimum Gasteiger partial charge on any atom is -0.349 e. The maximum Gasteiger partial charge on any atom is 0.243 e. The van der Waals surface area contributed by atoms with Crippen molar-refractivity contribution in [2.24, 2.45) is 17.8 Å². The van der Waals surface area contributed by atoms with Crippen LogP contribution in [-0.4, -0.2) is 44.0 Å². The van der Waals surface area contributed by atoms with Crippen molar-refractivity contribution in [3.63, 3.8) is 0 Å². The highest BCUT2D eigenvalue weighted by atomic mass is 16.2. The molecule has 24 heavy (non-hydrogen) atoms. The Balaban J connectivity index is 2.47. The first kappa shape index (κ1) is 20.9. The molecule has 1 fully saturated rings. The van der Waals surface area contributed by atoms with E-state index < -0.39 is 6.04 Å². The van der Waals surface area contributed by atoms with Gasteiger partial charge in [0.05, 0.1) is 26.2 Å². The van der Waals surface area contributed by atoms with Gasteiger partial charge in [0.15, 0.2) is 0 Å². The van der Waals surface area contributed by atoms with Crippen molar-refractivity contribution >= 4 is 11.8 Å². The van der Waals surface area contributed by atoms with Gasteiger partial charge in [-0.1, -0.05) is 20.8 Å². The van der Waals surface area contributed by atoms with Crippen molar-refractivity contribution in [1.82, 2.24) is 10.6 Å². The van der Waals surface area contributed by atoms with Gasteiger partial charge in [0.1, 0.15) is 6.04 Å². The summed E-state index contributed by atoms with van der Waals surface area (Å²) in [6.45, 7) is 14.3. The molecule has 0 bridgehead atoms. The Morgan fingerprint density at radius 2 is 1.67 bits per heavy atom. The van der Waals surface area contributed by atoms with Gasteiger partial charge >= 0.3 is 0 Å². The summed E-state index contributed by atoms with van der Waals surface area (Å²) in [6.07, 6.45) is 4.13. The first-order valence-electron chi connectivity index (χ1n) is 9.80. The molecule has 0 aliphatic heterocycles. The van der Waals surface area contributed by atoms with E-state index in [4.69, 9.17) is 0 Å². The van der Waals surface area contributed by atoms with E-state index in [0.29, 0.717) is 6.54 Å². The zero-order valence-electron chi connectivity index (χ0n) is 16.3. The Labute approximate surface area is 147 Å². The normalized spacial score (nSPS) is 22.5. The van der Waals surface area contributed by atoms with Crippen LogP contribution in [0.1, 0.15) is 60.3 Å². The van der Waals surface area contributed by atoms with Gasteiger partial charge in [-0.15, -0.1) is 0 Å². The zero-order chi connectivity index (χ0) is 18.1. The predicted octanol–water partition coefficient (Wildman–Crippen LogP) is 0.994. The number of rotatable bonds is 9. The van der Waals surface area contributed by atoms with Crippen LogP contribution in [0.5, 0.6) is 0 Å². The SMILES string of the molecule is CC[NH+](CC)CCNC(=O)[C@H](NC(=O)C1CCC(C)CC1)C(C)C. The van der Waals surface area contributed by atoms with Crippen molar-refractivity contribution < 1.29 is 14.5 Å². The standard InChI is InChI=1S/C19H37N3O2/c1-6-22(7-2)13-12-20-19(24)17(14(3)4)21-18(23)16-10-8-15(5)9-11-16/h14-17H,6-13H2,1-5H3,(H,20,24)(H,21,23)/p+1/t15?,16?,17-/m1/s1. The lowest BCUT2D eigenvalue weighted by Gasteiger charge is -2.28. The van der Waals surface area contributed by atoms with E-state index in [-0.39, 0.29) is 23.7 Å². The van der Waals surface area contributed by atoms with Gasteiger partial charge in [0.25, 0.3) is 0 Å². The minimum absolute atomic E-state index is 0.0471. The summed E-state index contributed by atoms with van der Waals surface area (Å²) in [5.74, 6) is 0.910. The molecule has 1 rings (SSSR count). The fourth-order valence-corrected chi connectivity index (χ4v) is 3.40. The van der Waals surface area contributed by atoms with E-state index in [1.54, 1.807) is 0 Å². The molecule has 0 aromatic carbocycles. The van der Waals surface area contributed by atoms with Gasteiger partial charge in [0, 0.05) is 5.92 Å². The first-order chi connectivity index (χ1) is 11.4. The Morgan fingerprint density at radius 3 is 2.17 bits per heavy atom. The average Bonchev–Trinajstić information content (AvgIpc) is 2.56. The number of carbonyl (C=O) groups is 2. The van der Waals surface area contributed by atoms with Crippen LogP contribution < -0.4 is 15.5 Å². The molecule has 140 valence electrons. The molecule has 0 aromatic rings. The lowest BCUT2D eigenvalue weighted by atomic mass is 9.82. The van der Waals surface area contributed by atoms with Crippen LogP contribution in [0.3, 0.4) is 0 Å². The van der Waals surface area contributed by atoms with Gasteiger partial charge in [-0.3, -0.25) is 9.59 Å². The Morgan fingerprint density at radius 1 is 1.08 bits per heavy atom. The van der Waals surface area contributed by atoms with Crippen LogP contribution in [0.2, 0.25) is 0 Å². The molecule has 5 heteroatoms. The number of carbonyl (C=O) groups excluding carboxylic acids is 2. The van der Waals surface area contributed by atoms with E-state index in [1.807, 2.05) is 13.8 Å². The molecular formula is C19H38N3O2+. The first-order valence-corrected chi connectivity index (χ1v) is 9.80. The summed E-state index contributed by atoms with van der Waals surface area (Å²) >= 11 is 0. The molecular weight excluding hydrogens is 302 g/mol. The fraction of sp³-hybridized carbons (Fsp3) is 0.895. The van der Waals surface area contributed by atoms with Gasteiger partial charge < -0.3 is 15.5 Å². The number of hydrogen-bond donors (Lipinski definition) is 3. The van der Waals surface area contributed by atoms with E-state index in [0.717, 1.165) is 51.2 Å². The largest absolute Gasteiger partial charge is 0.349 e. The maximum atomic E-state index is 12.5. The summed E-state index contributed by atoms with van der Waals surface area (Å²) in [5.41, 5.74) is 0. The molecule has 0 radical (unpaired) electrons. The van der Waals surface area contributed by atoms with Crippen molar-refractivity contribution in [2.45, 2.75) is 66.3 Å². The Hall–Kier alpha value is -1.10. The summed E-state index contributed by atoms with van der Waals surface area (Å²) in [6, 6.07) is -0.427. The second-order valence-electron chi connectivity index (χ2n) is 7.69. The molecule has 5 nitrogen and oxygen atoms in total. The lowest BCUT2D eigenvalue weighted by Crippen LogP contribution is -3.12. The highest BCUT2D eigenvalue weighted by Gasteiger charge is 2.29. The van der Waals surface area contributed by atoms with Crippen molar-refractivity contribution in [3.8, 4) is 0 Å². The maximum absolute atomic E-state index is 12.5. The van der Waals surface area contributed by atoms with Crippen molar-refractivity contribution in [1.29, 1.82) is 0 Å². The average molecular weight is 341 g/mol. The van der Waals surface area contributed by atoms with Crippen molar-refractivity contribution in [2.75, 3.05) is 26.2 Å². The minimum atomic E-state index is -0.427. The van der Waals surface area contributed by atoms with Gasteiger partial charge in [-0.25, -0.2) is 0 Å². The van der Waals surface area contributed by atoms with E-state index >= 15 is 0 Å². The number of likely N-dealkylation sites (N-methyl/N-ethyl adjacent to an activating group) is 1. The van der Waals surface area contributed by atoms with Crippen LogP contribution in [-0.2, 0) is 9.59 Å². The third kappa shape index (κ3) is 6.80. The van der Waals surface area contributed by atoms with Crippen LogP contribution in [0.15, 0.2) is 0 Å². The molecule has 1 saturated carbocycles. The van der Waals surface area contributed by atoms with E-state index in [9.17, 15) is 9.59 Å². The van der Waals surface area contributed by atoms with Gasteiger partial charge in [-0.05, 0) is 51.4 Å². The molecule has 0 spiro atoms. The third-order valence-corrected chi connectivity index (χ3v) is 5.41. The summed E-state index contributed by atoms with van der Waals surface area (Å²) in [5, 5.41) is 6.01. The summed E-state index contributed by atoms with van der Waals surface area (Å²) < 4.78 is 0. The van der Waals surface area contributed by atoms with Crippen molar-refractivity contribution in [3.05, 3.63) is 0 Å². The number of quaternary nitrogens is 1. The quantitative estimate of drug-likeness (QED) is 0.586. The lowest BCUT2D eigenvalue weighted by molar-refractivity contribution is -0.895. The second-order valence-corrected chi connectivity index (χ2v) is 7.69. The molecule has 2 amide bonds. The van der Waals surface area contributed by atoms with Crippen LogP contribution in [0, 0.1) is 17.8 Å². The van der Waals surface area contributed by atoms with Gasteiger partial charge in [-0.2, -0.15) is 0 Å². The summed E-state index contributed by atoms with van der Waals surface area (Å²) in [7, 11) is 0. The molecule has 1 atom stereocenters. The molecule has 0 unspecified atom stereocenters. The van der Waals surface area contributed by atoms with Gasteiger partial charge in [0.2, 0.25) is 11.8 Å². The molecule has 1 aliphatic carbocycles. The number of amides is 2.